The van der Waals surface area contributed by atoms with E-state index >= 15 is 0 Å². The smallest absolute Gasteiger partial charge is 0.191 e. The van der Waals surface area contributed by atoms with E-state index in [0.717, 1.165) is 45.2 Å². The van der Waals surface area contributed by atoms with Crippen molar-refractivity contribution in [3.05, 3.63) is 30.1 Å². The van der Waals surface area contributed by atoms with Gasteiger partial charge in [-0.05, 0) is 46.0 Å². The molecule has 0 aliphatic carbocycles. The van der Waals surface area contributed by atoms with Gasteiger partial charge in [-0.25, -0.2) is 9.38 Å². The van der Waals surface area contributed by atoms with Gasteiger partial charge in [-0.15, -0.1) is 0 Å². The van der Waals surface area contributed by atoms with Gasteiger partial charge in [0.1, 0.15) is 17.7 Å². The van der Waals surface area contributed by atoms with E-state index < -0.39 is 0 Å². The minimum atomic E-state index is -0.302. The zero-order valence-electron chi connectivity index (χ0n) is 16.4. The van der Waals surface area contributed by atoms with E-state index in [4.69, 9.17) is 9.47 Å². The lowest BCUT2D eigenvalue weighted by atomic mass is 10.3. The third kappa shape index (κ3) is 10.2. The van der Waals surface area contributed by atoms with Crippen LogP contribution in [0.15, 0.2) is 29.3 Å². The van der Waals surface area contributed by atoms with Crippen molar-refractivity contribution in [1.82, 2.24) is 15.5 Å². The molecule has 1 aromatic rings. The molecule has 148 valence electrons. The third-order valence-corrected chi connectivity index (χ3v) is 3.67. The number of aliphatic imine (C=N–C) groups is 1. The van der Waals surface area contributed by atoms with Crippen LogP contribution in [-0.2, 0) is 4.74 Å². The molecular weight excluding hydrogens is 335 g/mol. The first-order chi connectivity index (χ1) is 12.5. The number of likely N-dealkylation sites (N-methyl/N-ethyl adjacent to an activating group) is 1. The SMILES string of the molecule is CCNC(=NCC(C)Oc1cccc(F)c1)NCCCN(C)CCOC. The molecule has 2 N–H and O–H groups in total. The van der Waals surface area contributed by atoms with E-state index in [9.17, 15) is 4.39 Å². The van der Waals surface area contributed by atoms with Gasteiger partial charge in [-0.1, -0.05) is 6.07 Å². The summed E-state index contributed by atoms with van der Waals surface area (Å²) in [6.45, 7) is 8.73. The van der Waals surface area contributed by atoms with E-state index in [1.807, 2.05) is 13.8 Å². The van der Waals surface area contributed by atoms with Crippen molar-refractivity contribution in [2.45, 2.75) is 26.4 Å². The van der Waals surface area contributed by atoms with E-state index in [-0.39, 0.29) is 11.9 Å². The van der Waals surface area contributed by atoms with Gasteiger partial charge in [0.2, 0.25) is 0 Å². The Morgan fingerprint density at radius 2 is 2.12 bits per heavy atom. The summed E-state index contributed by atoms with van der Waals surface area (Å²) in [4.78, 5) is 6.78. The third-order valence-electron chi connectivity index (χ3n) is 3.67. The van der Waals surface area contributed by atoms with Crippen LogP contribution in [0.3, 0.4) is 0 Å². The molecule has 1 atom stereocenters. The average molecular weight is 368 g/mol. The van der Waals surface area contributed by atoms with Gasteiger partial charge >= 0.3 is 0 Å². The standard InChI is InChI=1S/C19H33FN4O2/c1-5-21-19(22-10-7-11-24(3)12-13-25-4)23-15-16(2)26-18-9-6-8-17(20)14-18/h6,8-9,14,16H,5,7,10-13,15H2,1-4H3,(H2,21,22,23). The number of methoxy groups -OCH3 is 1. The van der Waals surface area contributed by atoms with Gasteiger partial charge in [0.05, 0.1) is 13.2 Å². The number of nitrogens with zero attached hydrogens (tertiary/aromatic N) is 2. The second-order valence-electron chi connectivity index (χ2n) is 6.18. The van der Waals surface area contributed by atoms with E-state index in [1.165, 1.54) is 12.1 Å². The Bertz CT molecular complexity index is 528. The summed E-state index contributed by atoms with van der Waals surface area (Å²) >= 11 is 0. The molecule has 26 heavy (non-hydrogen) atoms. The minimum Gasteiger partial charge on any atom is -0.489 e. The van der Waals surface area contributed by atoms with E-state index in [2.05, 4.69) is 27.6 Å². The first-order valence-corrected chi connectivity index (χ1v) is 9.17. The van der Waals surface area contributed by atoms with Crippen LogP contribution in [0.25, 0.3) is 0 Å². The molecule has 0 saturated carbocycles. The Hall–Kier alpha value is -1.86. The quantitative estimate of drug-likeness (QED) is 0.336. The van der Waals surface area contributed by atoms with Crippen LogP contribution in [0.4, 0.5) is 4.39 Å². The predicted octanol–water partition coefficient (Wildman–Crippen LogP) is 2.12. The second-order valence-corrected chi connectivity index (χ2v) is 6.18. The van der Waals surface area contributed by atoms with Gasteiger partial charge in [0.25, 0.3) is 0 Å². The van der Waals surface area contributed by atoms with E-state index in [1.54, 1.807) is 19.2 Å². The number of rotatable bonds is 12. The van der Waals surface area contributed by atoms with Crippen molar-refractivity contribution in [3.8, 4) is 5.75 Å². The Morgan fingerprint density at radius 3 is 2.81 bits per heavy atom. The Balaban J connectivity index is 2.35. The molecule has 0 spiro atoms. The Labute approximate surface area is 156 Å². The van der Waals surface area contributed by atoms with Gasteiger partial charge in [0, 0.05) is 32.8 Å². The summed E-state index contributed by atoms with van der Waals surface area (Å²) in [6, 6.07) is 6.15. The van der Waals surface area contributed by atoms with Gasteiger partial charge in [-0.3, -0.25) is 0 Å². The molecule has 1 rings (SSSR count). The molecular formula is C19H33FN4O2. The Morgan fingerprint density at radius 1 is 1.31 bits per heavy atom. The summed E-state index contributed by atoms with van der Waals surface area (Å²) in [6.07, 6.45) is 0.868. The summed E-state index contributed by atoms with van der Waals surface area (Å²) in [7, 11) is 3.80. The molecule has 6 nitrogen and oxygen atoms in total. The highest BCUT2D eigenvalue weighted by Crippen LogP contribution is 2.13. The van der Waals surface area contributed by atoms with E-state index in [0.29, 0.717) is 12.3 Å². The molecule has 1 unspecified atom stereocenters. The van der Waals surface area contributed by atoms with Gasteiger partial charge in [-0.2, -0.15) is 0 Å². The first kappa shape index (κ1) is 22.2. The number of hydrogen-bond acceptors (Lipinski definition) is 4. The maximum absolute atomic E-state index is 13.2. The monoisotopic (exact) mass is 368 g/mol. The molecule has 0 amide bonds. The fourth-order valence-corrected chi connectivity index (χ4v) is 2.29. The molecule has 0 aliphatic heterocycles. The van der Waals surface area contributed by atoms with Gasteiger partial charge in [0.15, 0.2) is 5.96 Å². The summed E-state index contributed by atoms with van der Waals surface area (Å²) in [5.74, 6) is 0.982. The highest BCUT2D eigenvalue weighted by Gasteiger charge is 2.05. The van der Waals surface area contributed by atoms with Crippen molar-refractivity contribution in [1.29, 1.82) is 0 Å². The summed E-state index contributed by atoms with van der Waals surface area (Å²) in [5.41, 5.74) is 0. The molecule has 7 heteroatoms. The minimum absolute atomic E-state index is 0.146. The number of benzene rings is 1. The molecule has 0 bridgehead atoms. The van der Waals surface area contributed by atoms with Crippen LogP contribution in [0.5, 0.6) is 5.75 Å². The van der Waals surface area contributed by atoms with Crippen LogP contribution in [0, 0.1) is 5.82 Å². The van der Waals surface area contributed by atoms with Crippen molar-refractivity contribution in [2.24, 2.45) is 4.99 Å². The molecule has 0 aliphatic rings. The fourth-order valence-electron chi connectivity index (χ4n) is 2.29. The van der Waals surface area contributed by atoms with Crippen molar-refractivity contribution in [2.75, 3.05) is 53.5 Å². The predicted molar refractivity (Wildman–Crippen MR) is 104 cm³/mol. The molecule has 1 aromatic carbocycles. The molecule has 0 radical (unpaired) electrons. The number of hydrogen-bond donors (Lipinski definition) is 2. The molecule has 0 aromatic heterocycles. The topological polar surface area (TPSA) is 58.1 Å². The van der Waals surface area contributed by atoms with Crippen LogP contribution >= 0.6 is 0 Å². The number of ether oxygens (including phenoxy) is 2. The lowest BCUT2D eigenvalue weighted by molar-refractivity contribution is 0.161. The second kappa shape index (κ2) is 13.4. The van der Waals surface area contributed by atoms with Crippen LogP contribution < -0.4 is 15.4 Å². The number of halogens is 1. The average Bonchev–Trinajstić information content (AvgIpc) is 2.61. The van der Waals surface area contributed by atoms with Crippen LogP contribution in [0.1, 0.15) is 20.3 Å². The number of nitrogens with one attached hydrogen (secondary N) is 2. The highest BCUT2D eigenvalue weighted by atomic mass is 19.1. The fraction of sp³-hybridized carbons (Fsp3) is 0.632. The highest BCUT2D eigenvalue weighted by molar-refractivity contribution is 5.79. The zero-order valence-corrected chi connectivity index (χ0v) is 16.4. The summed E-state index contributed by atoms with van der Waals surface area (Å²) < 4.78 is 24.0. The van der Waals surface area contributed by atoms with Crippen molar-refractivity contribution >= 4 is 5.96 Å². The van der Waals surface area contributed by atoms with Gasteiger partial charge < -0.3 is 25.0 Å². The van der Waals surface area contributed by atoms with Crippen molar-refractivity contribution < 1.29 is 13.9 Å². The lowest BCUT2D eigenvalue weighted by Gasteiger charge is -2.17. The molecule has 0 fully saturated rings. The Kier molecular flexibility index (Phi) is 11.4. The van der Waals surface area contributed by atoms with Crippen LogP contribution in [0.2, 0.25) is 0 Å². The number of guanidine groups is 1. The van der Waals surface area contributed by atoms with Crippen molar-refractivity contribution in [3.63, 3.8) is 0 Å². The maximum Gasteiger partial charge on any atom is 0.191 e. The first-order valence-electron chi connectivity index (χ1n) is 9.17. The zero-order chi connectivity index (χ0) is 19.2. The molecule has 0 saturated heterocycles. The normalized spacial score (nSPS) is 12.9. The maximum atomic E-state index is 13.2. The summed E-state index contributed by atoms with van der Waals surface area (Å²) in [5, 5.41) is 6.55. The largest absolute Gasteiger partial charge is 0.489 e. The lowest BCUT2D eigenvalue weighted by Crippen LogP contribution is -2.39. The van der Waals surface area contributed by atoms with Crippen LogP contribution in [-0.4, -0.2) is 70.5 Å². The molecule has 0 heterocycles.